The van der Waals surface area contributed by atoms with Crippen LogP contribution in [-0.2, 0) is 33.2 Å². The molecule has 3 fully saturated rings. The zero-order chi connectivity index (χ0) is 29.9. The number of esters is 1. The van der Waals surface area contributed by atoms with Crippen LogP contribution in [0.2, 0.25) is 0 Å². The number of aliphatic hydroxyl groups excluding tert-OH is 10. The van der Waals surface area contributed by atoms with E-state index in [9.17, 15) is 55.9 Å². The Balaban J connectivity index is 1.67. The molecular weight excluding hydrogens is 548 g/mol. The molecule has 10 N–H and O–H groups in total. The smallest absolute Gasteiger partial charge is 0.333 e. The predicted molar refractivity (Wildman–Crippen MR) is 125 cm³/mol. The molecule has 40 heavy (non-hydrogen) atoms. The number of hydrogen-bond acceptors (Lipinski definition) is 17. The number of rotatable bonds is 10. The molecule has 0 amide bonds. The van der Waals surface area contributed by atoms with Crippen LogP contribution in [0.1, 0.15) is 13.8 Å². The highest BCUT2D eigenvalue weighted by atomic mass is 16.8. The summed E-state index contributed by atoms with van der Waals surface area (Å²) in [4.78, 5) is 11.9. The molecular formula is C23H38O17. The van der Waals surface area contributed by atoms with Gasteiger partial charge in [-0.3, -0.25) is 0 Å². The molecule has 0 aromatic rings. The van der Waals surface area contributed by atoms with Gasteiger partial charge in [0.2, 0.25) is 5.79 Å². The van der Waals surface area contributed by atoms with Crippen LogP contribution in [0.3, 0.4) is 0 Å². The van der Waals surface area contributed by atoms with Crippen molar-refractivity contribution in [2.75, 3.05) is 26.4 Å². The van der Waals surface area contributed by atoms with E-state index in [1.54, 1.807) is 6.92 Å². The molecule has 0 spiro atoms. The number of hydrogen-bond donors (Lipinski definition) is 10. The van der Waals surface area contributed by atoms with Gasteiger partial charge in [-0.05, 0) is 13.8 Å². The highest BCUT2D eigenvalue weighted by Gasteiger charge is 2.58. The number of carbonyl (C=O) groups excluding carboxylic acids is 1. The van der Waals surface area contributed by atoms with Crippen LogP contribution in [0.5, 0.6) is 0 Å². The SMILES string of the molecule is C/C=C(\C)C(=O)OC[C@@H]1O[C@@H](OC[C@H]2O[C@@H](O[C@@]3(CO)O[C@@H](CO)[C@@H](O)[C@H]3O)[C@@H](O)[C@@H](O)[C@H]2O)[C@@H](O)[C@@H](O)[C@H]1O. The first-order chi connectivity index (χ1) is 18.8. The average molecular weight is 587 g/mol. The van der Waals surface area contributed by atoms with Gasteiger partial charge in [-0.25, -0.2) is 4.79 Å². The normalized spacial score (nSPS) is 46.4. The molecule has 0 aromatic heterocycles. The Kier molecular flexibility index (Phi) is 11.4. The van der Waals surface area contributed by atoms with Crippen LogP contribution in [0.4, 0.5) is 0 Å². The minimum Gasteiger partial charge on any atom is -0.459 e. The molecule has 3 saturated heterocycles. The second kappa shape index (κ2) is 13.7. The molecule has 0 aromatic carbocycles. The third-order valence-corrected chi connectivity index (χ3v) is 7.12. The Morgan fingerprint density at radius 3 is 1.85 bits per heavy atom. The van der Waals surface area contributed by atoms with Gasteiger partial charge in [-0.1, -0.05) is 6.08 Å². The van der Waals surface area contributed by atoms with Gasteiger partial charge in [0.15, 0.2) is 12.6 Å². The zero-order valence-corrected chi connectivity index (χ0v) is 21.7. The van der Waals surface area contributed by atoms with E-state index in [0.29, 0.717) is 0 Å². The maximum Gasteiger partial charge on any atom is 0.333 e. The third-order valence-electron chi connectivity index (χ3n) is 7.12. The fourth-order valence-electron chi connectivity index (χ4n) is 4.39. The Labute approximate surface area is 228 Å². The van der Waals surface area contributed by atoms with E-state index >= 15 is 0 Å². The summed E-state index contributed by atoms with van der Waals surface area (Å²) in [6, 6.07) is 0. The molecule has 0 saturated carbocycles. The van der Waals surface area contributed by atoms with Crippen molar-refractivity contribution in [3.05, 3.63) is 11.6 Å². The van der Waals surface area contributed by atoms with Gasteiger partial charge in [0.1, 0.15) is 80.4 Å². The Bertz CT molecular complexity index is 872. The summed E-state index contributed by atoms with van der Waals surface area (Å²) < 4.78 is 32.0. The molecule has 0 radical (unpaired) electrons. The monoisotopic (exact) mass is 586 g/mol. The lowest BCUT2D eigenvalue weighted by molar-refractivity contribution is -0.388. The summed E-state index contributed by atoms with van der Waals surface area (Å²) in [6.07, 6.45) is -20.8. The van der Waals surface area contributed by atoms with Crippen LogP contribution in [-0.4, -0.2) is 169 Å². The van der Waals surface area contributed by atoms with Crippen LogP contribution < -0.4 is 0 Å². The van der Waals surface area contributed by atoms with E-state index < -0.39 is 118 Å². The molecule has 17 heteroatoms. The quantitative estimate of drug-likeness (QED) is 0.0842. The molecule has 14 atom stereocenters. The van der Waals surface area contributed by atoms with Crippen molar-refractivity contribution < 1.29 is 84.3 Å². The van der Waals surface area contributed by atoms with Crippen molar-refractivity contribution in [2.24, 2.45) is 0 Å². The van der Waals surface area contributed by atoms with E-state index in [1.807, 2.05) is 0 Å². The average Bonchev–Trinajstić information content (AvgIpc) is 3.20. The second-order valence-corrected chi connectivity index (χ2v) is 9.79. The Hall–Kier alpha value is -1.39. The Morgan fingerprint density at radius 1 is 0.775 bits per heavy atom. The van der Waals surface area contributed by atoms with E-state index in [0.717, 1.165) is 0 Å². The lowest BCUT2D eigenvalue weighted by Crippen LogP contribution is -2.63. The van der Waals surface area contributed by atoms with E-state index in [4.69, 9.17) is 28.4 Å². The highest BCUT2D eigenvalue weighted by Crippen LogP contribution is 2.36. The first-order valence-electron chi connectivity index (χ1n) is 12.6. The standard InChI is InChI=1S/C23H38O17/c1-3-8(2)20(34)35-5-10-12(26)15(29)17(31)21(37-10)36-6-11-13(27)16(30)18(32)22(38-11)40-23(7-25)19(33)14(28)9(4-24)39-23/h3,9-19,21-22,24-33H,4-7H2,1-2H3/b8-3+/t9-,10-,11+,12-,13-,14+,15-,16-,17-,18-,19+,21+,22-,23+/m0/s1. The minimum absolute atomic E-state index is 0.277. The molecule has 17 nitrogen and oxygen atoms in total. The molecule has 232 valence electrons. The molecule has 3 rings (SSSR count). The highest BCUT2D eigenvalue weighted by molar-refractivity contribution is 5.87. The van der Waals surface area contributed by atoms with Gasteiger partial charge in [0, 0.05) is 5.57 Å². The van der Waals surface area contributed by atoms with Crippen molar-refractivity contribution in [1.82, 2.24) is 0 Å². The van der Waals surface area contributed by atoms with Crippen molar-refractivity contribution >= 4 is 5.97 Å². The maximum atomic E-state index is 11.9. The van der Waals surface area contributed by atoms with E-state index in [-0.39, 0.29) is 5.57 Å². The number of allylic oxidation sites excluding steroid dienone is 1. The van der Waals surface area contributed by atoms with Gasteiger partial charge >= 0.3 is 5.97 Å². The fourth-order valence-corrected chi connectivity index (χ4v) is 4.39. The summed E-state index contributed by atoms with van der Waals surface area (Å²) in [5, 5.41) is 101. The first kappa shape index (κ1) is 33.1. The topological polar surface area (TPSA) is 275 Å². The minimum atomic E-state index is -2.38. The summed E-state index contributed by atoms with van der Waals surface area (Å²) in [5.74, 6) is -3.09. The van der Waals surface area contributed by atoms with E-state index in [2.05, 4.69) is 0 Å². The van der Waals surface area contributed by atoms with Crippen LogP contribution in [0, 0.1) is 0 Å². The zero-order valence-electron chi connectivity index (χ0n) is 21.7. The lowest BCUT2D eigenvalue weighted by Gasteiger charge is -2.44. The van der Waals surface area contributed by atoms with Gasteiger partial charge < -0.3 is 79.5 Å². The molecule has 0 aliphatic carbocycles. The molecule has 3 heterocycles. The first-order valence-corrected chi connectivity index (χ1v) is 12.6. The Morgan fingerprint density at radius 2 is 1.32 bits per heavy atom. The van der Waals surface area contributed by atoms with Crippen LogP contribution in [0.25, 0.3) is 0 Å². The molecule has 3 aliphatic rings. The van der Waals surface area contributed by atoms with Crippen LogP contribution in [0.15, 0.2) is 11.6 Å². The summed E-state index contributed by atoms with van der Waals surface area (Å²) >= 11 is 0. The summed E-state index contributed by atoms with van der Waals surface area (Å²) in [7, 11) is 0. The summed E-state index contributed by atoms with van der Waals surface area (Å²) in [5.41, 5.74) is 0.277. The van der Waals surface area contributed by atoms with Gasteiger partial charge in [-0.15, -0.1) is 0 Å². The van der Waals surface area contributed by atoms with Crippen molar-refractivity contribution in [3.63, 3.8) is 0 Å². The third kappa shape index (κ3) is 6.64. The van der Waals surface area contributed by atoms with E-state index in [1.165, 1.54) is 13.0 Å². The van der Waals surface area contributed by atoms with Crippen molar-refractivity contribution in [1.29, 1.82) is 0 Å². The van der Waals surface area contributed by atoms with Gasteiger partial charge in [0.25, 0.3) is 0 Å². The van der Waals surface area contributed by atoms with Gasteiger partial charge in [-0.2, -0.15) is 0 Å². The fraction of sp³-hybridized carbons (Fsp3) is 0.870. The van der Waals surface area contributed by atoms with Crippen LogP contribution >= 0.6 is 0 Å². The van der Waals surface area contributed by atoms with Gasteiger partial charge in [0.05, 0.1) is 13.2 Å². The van der Waals surface area contributed by atoms with Crippen molar-refractivity contribution in [3.8, 4) is 0 Å². The predicted octanol–water partition coefficient (Wildman–Crippen LogP) is -6.05. The molecule has 0 unspecified atom stereocenters. The number of carbonyl (C=O) groups is 1. The second-order valence-electron chi connectivity index (χ2n) is 9.79. The molecule has 0 bridgehead atoms. The number of aliphatic hydroxyl groups is 10. The number of ether oxygens (including phenoxy) is 6. The largest absolute Gasteiger partial charge is 0.459 e. The van der Waals surface area contributed by atoms with Crippen molar-refractivity contribution in [2.45, 2.75) is 99.4 Å². The molecule has 3 aliphatic heterocycles. The maximum absolute atomic E-state index is 11.9. The lowest BCUT2D eigenvalue weighted by atomic mass is 9.98. The summed E-state index contributed by atoms with van der Waals surface area (Å²) in [6.45, 7) is 0.103.